The minimum absolute atomic E-state index is 0.859. The molecule has 4 atom stereocenters. The summed E-state index contributed by atoms with van der Waals surface area (Å²) < 4.78 is 0. The third-order valence-electron chi connectivity index (χ3n) is 5.62. The first-order valence-corrected chi connectivity index (χ1v) is 10.4. The van der Waals surface area contributed by atoms with Crippen molar-refractivity contribution >= 4 is 0 Å². The maximum absolute atomic E-state index is 2.48. The zero-order valence-corrected chi connectivity index (χ0v) is 17.0. The SMILES string of the molecule is CCCCC(C)CCCCC(C)C(C)CCC(C)CC(C)C. The molecule has 0 nitrogen and oxygen atoms in total. The maximum Gasteiger partial charge on any atom is -0.0417 e. The van der Waals surface area contributed by atoms with E-state index in [1.807, 2.05) is 0 Å². The van der Waals surface area contributed by atoms with Gasteiger partial charge in [-0.15, -0.1) is 0 Å². The molecule has 0 rings (SSSR count). The number of hydrogen-bond donors (Lipinski definition) is 0. The van der Waals surface area contributed by atoms with Crippen LogP contribution in [0.4, 0.5) is 0 Å². The Labute approximate surface area is 142 Å². The monoisotopic (exact) mass is 310 g/mol. The first-order chi connectivity index (χ1) is 10.4. The molecule has 0 aliphatic heterocycles. The molecule has 0 bridgehead atoms. The van der Waals surface area contributed by atoms with Crippen molar-refractivity contribution in [1.82, 2.24) is 0 Å². The lowest BCUT2D eigenvalue weighted by Gasteiger charge is -2.22. The Morgan fingerprint density at radius 2 is 1.09 bits per heavy atom. The van der Waals surface area contributed by atoms with Crippen molar-refractivity contribution in [1.29, 1.82) is 0 Å². The van der Waals surface area contributed by atoms with Gasteiger partial charge in [-0.3, -0.25) is 0 Å². The van der Waals surface area contributed by atoms with E-state index in [1.54, 1.807) is 0 Å². The van der Waals surface area contributed by atoms with Crippen LogP contribution in [0, 0.1) is 29.6 Å². The van der Waals surface area contributed by atoms with Gasteiger partial charge in [0.25, 0.3) is 0 Å². The van der Waals surface area contributed by atoms with Crippen molar-refractivity contribution < 1.29 is 0 Å². The minimum Gasteiger partial charge on any atom is -0.0654 e. The molecule has 0 aliphatic rings. The Kier molecular flexibility index (Phi) is 13.4. The van der Waals surface area contributed by atoms with Crippen LogP contribution < -0.4 is 0 Å². The molecule has 0 aromatic rings. The second-order valence-corrected chi connectivity index (χ2v) is 8.80. The predicted octanol–water partition coefficient (Wildman–Crippen LogP) is 8.11. The molecule has 0 heteroatoms. The van der Waals surface area contributed by atoms with E-state index in [9.17, 15) is 0 Å². The van der Waals surface area contributed by atoms with Gasteiger partial charge in [0.15, 0.2) is 0 Å². The normalized spacial score (nSPS) is 17.5. The molecule has 0 aromatic heterocycles. The summed E-state index contributed by atoms with van der Waals surface area (Å²) >= 11 is 0. The molecule has 0 fully saturated rings. The predicted molar refractivity (Wildman–Crippen MR) is 103 cm³/mol. The molecule has 134 valence electrons. The van der Waals surface area contributed by atoms with Crippen LogP contribution in [0.25, 0.3) is 0 Å². The molecule has 0 aliphatic carbocycles. The second kappa shape index (κ2) is 13.4. The first kappa shape index (κ1) is 22.0. The van der Waals surface area contributed by atoms with Crippen LogP contribution in [0.5, 0.6) is 0 Å². The molecule has 0 heterocycles. The Balaban J connectivity index is 3.67. The van der Waals surface area contributed by atoms with Gasteiger partial charge >= 0.3 is 0 Å². The summed E-state index contributed by atoms with van der Waals surface area (Å²) in [7, 11) is 0. The summed E-state index contributed by atoms with van der Waals surface area (Å²) in [5.41, 5.74) is 0. The van der Waals surface area contributed by atoms with Crippen molar-refractivity contribution in [3.8, 4) is 0 Å². The first-order valence-electron chi connectivity index (χ1n) is 10.4. The summed E-state index contributed by atoms with van der Waals surface area (Å²) in [5.74, 6) is 4.54. The fraction of sp³-hybridized carbons (Fsp3) is 1.00. The third kappa shape index (κ3) is 12.5. The van der Waals surface area contributed by atoms with Gasteiger partial charge < -0.3 is 0 Å². The lowest BCUT2D eigenvalue weighted by atomic mass is 9.84. The van der Waals surface area contributed by atoms with Gasteiger partial charge in [-0.1, -0.05) is 106 Å². The van der Waals surface area contributed by atoms with Gasteiger partial charge in [-0.05, 0) is 36.0 Å². The Bertz CT molecular complexity index is 230. The molecule has 0 radical (unpaired) electrons. The molecule has 22 heavy (non-hydrogen) atoms. The van der Waals surface area contributed by atoms with Gasteiger partial charge in [0, 0.05) is 0 Å². The van der Waals surface area contributed by atoms with E-state index < -0.39 is 0 Å². The second-order valence-electron chi connectivity index (χ2n) is 8.80. The molecule has 0 saturated heterocycles. The molecule has 0 saturated carbocycles. The lowest BCUT2D eigenvalue weighted by molar-refractivity contribution is 0.293. The molecule has 0 spiro atoms. The van der Waals surface area contributed by atoms with Crippen molar-refractivity contribution in [2.24, 2.45) is 29.6 Å². The van der Waals surface area contributed by atoms with Crippen LogP contribution >= 0.6 is 0 Å². The standard InChI is InChI=1S/C22H46/c1-8-9-12-19(4)13-10-11-14-21(6)22(7)16-15-20(5)17-18(2)3/h18-22H,8-17H2,1-7H3. The Morgan fingerprint density at radius 3 is 1.68 bits per heavy atom. The van der Waals surface area contributed by atoms with E-state index >= 15 is 0 Å². The fourth-order valence-corrected chi connectivity index (χ4v) is 3.70. The van der Waals surface area contributed by atoms with Gasteiger partial charge in [0.05, 0.1) is 0 Å². The van der Waals surface area contributed by atoms with E-state index in [2.05, 4.69) is 48.5 Å². The molecule has 0 N–H and O–H groups in total. The highest BCUT2D eigenvalue weighted by Gasteiger charge is 2.14. The zero-order valence-electron chi connectivity index (χ0n) is 17.0. The Morgan fingerprint density at radius 1 is 0.545 bits per heavy atom. The van der Waals surface area contributed by atoms with Crippen molar-refractivity contribution in [2.75, 3.05) is 0 Å². The van der Waals surface area contributed by atoms with E-state index in [1.165, 1.54) is 64.2 Å². The summed E-state index contributed by atoms with van der Waals surface area (Å²) in [5, 5.41) is 0. The van der Waals surface area contributed by atoms with Crippen LogP contribution in [0.2, 0.25) is 0 Å². The van der Waals surface area contributed by atoms with Crippen molar-refractivity contribution in [3.63, 3.8) is 0 Å². The minimum atomic E-state index is 0.859. The van der Waals surface area contributed by atoms with Crippen LogP contribution in [-0.4, -0.2) is 0 Å². The number of hydrogen-bond acceptors (Lipinski definition) is 0. The summed E-state index contributed by atoms with van der Waals surface area (Å²) in [6, 6.07) is 0. The van der Waals surface area contributed by atoms with Crippen molar-refractivity contribution in [3.05, 3.63) is 0 Å². The highest BCUT2D eigenvalue weighted by Crippen LogP contribution is 2.27. The highest BCUT2D eigenvalue weighted by atomic mass is 14.2. The highest BCUT2D eigenvalue weighted by molar-refractivity contribution is 4.66. The Hall–Kier alpha value is 0. The molecular weight excluding hydrogens is 264 g/mol. The third-order valence-corrected chi connectivity index (χ3v) is 5.62. The van der Waals surface area contributed by atoms with Crippen LogP contribution in [0.15, 0.2) is 0 Å². The van der Waals surface area contributed by atoms with E-state index in [0.29, 0.717) is 0 Å². The fourth-order valence-electron chi connectivity index (χ4n) is 3.70. The van der Waals surface area contributed by atoms with E-state index in [-0.39, 0.29) is 0 Å². The number of unbranched alkanes of at least 4 members (excludes halogenated alkanes) is 2. The largest absolute Gasteiger partial charge is 0.0654 e. The van der Waals surface area contributed by atoms with Crippen LogP contribution in [0.3, 0.4) is 0 Å². The van der Waals surface area contributed by atoms with E-state index in [4.69, 9.17) is 0 Å². The smallest absolute Gasteiger partial charge is 0.0417 e. The number of rotatable bonds is 14. The molecule has 0 aromatic carbocycles. The van der Waals surface area contributed by atoms with Gasteiger partial charge in [0.1, 0.15) is 0 Å². The summed E-state index contributed by atoms with van der Waals surface area (Å²) in [4.78, 5) is 0. The molecule has 0 amide bonds. The quantitative estimate of drug-likeness (QED) is 0.284. The summed E-state index contributed by atoms with van der Waals surface area (Å²) in [6.45, 7) is 16.9. The lowest BCUT2D eigenvalue weighted by Crippen LogP contribution is -2.10. The average molecular weight is 311 g/mol. The van der Waals surface area contributed by atoms with Crippen molar-refractivity contribution in [2.45, 2.75) is 113 Å². The van der Waals surface area contributed by atoms with Gasteiger partial charge in [-0.25, -0.2) is 0 Å². The molecule has 4 unspecified atom stereocenters. The van der Waals surface area contributed by atoms with Crippen LogP contribution in [0.1, 0.15) is 113 Å². The van der Waals surface area contributed by atoms with Gasteiger partial charge in [-0.2, -0.15) is 0 Å². The van der Waals surface area contributed by atoms with E-state index in [0.717, 1.165) is 29.6 Å². The molecular formula is C22H46. The average Bonchev–Trinajstić information content (AvgIpc) is 2.46. The summed E-state index contributed by atoms with van der Waals surface area (Å²) in [6.07, 6.45) is 14.3. The zero-order chi connectivity index (χ0) is 17.0. The van der Waals surface area contributed by atoms with Gasteiger partial charge in [0.2, 0.25) is 0 Å². The topological polar surface area (TPSA) is 0 Å². The maximum atomic E-state index is 2.48. The van der Waals surface area contributed by atoms with Crippen LogP contribution in [-0.2, 0) is 0 Å².